The first-order chi connectivity index (χ1) is 13.8. The Bertz CT molecular complexity index is 732. The minimum atomic E-state index is -1.06. The van der Waals surface area contributed by atoms with E-state index >= 15 is 0 Å². The zero-order valence-corrected chi connectivity index (χ0v) is 17.7. The third-order valence-electron chi connectivity index (χ3n) is 6.78. The molecule has 4 rings (SSSR count). The molecule has 1 aliphatic carbocycles. The highest BCUT2D eigenvalue weighted by Crippen LogP contribution is 2.58. The van der Waals surface area contributed by atoms with E-state index in [0.29, 0.717) is 51.5 Å². The van der Waals surface area contributed by atoms with Crippen molar-refractivity contribution in [2.24, 2.45) is 16.7 Å². The maximum atomic E-state index is 13.2. The van der Waals surface area contributed by atoms with Crippen LogP contribution in [0.2, 0.25) is 0 Å². The highest BCUT2D eigenvalue weighted by atomic mass is 16.7. The van der Waals surface area contributed by atoms with Crippen LogP contribution in [0.1, 0.15) is 32.3 Å². The largest absolute Gasteiger partial charge is 0.468 e. The minimum absolute atomic E-state index is 0.332. The first kappa shape index (κ1) is 20.8. The summed E-state index contributed by atoms with van der Waals surface area (Å²) in [4.78, 5) is 15.5. The summed E-state index contributed by atoms with van der Waals surface area (Å²) in [6.07, 6.45) is 0.753. The summed E-state index contributed by atoms with van der Waals surface area (Å²) >= 11 is 0. The van der Waals surface area contributed by atoms with Gasteiger partial charge in [-0.1, -0.05) is 44.2 Å². The monoisotopic (exact) mass is 403 g/mol. The molecule has 0 radical (unpaired) electrons. The standard InChI is InChI=1S/C23H33NO5/c1-17(2)12-24-15-21(11-18-7-5-4-6-8-18)13-23(28-9-10-29-23)14-22(16-24,19(21)25)20(26)27-3/h4-8,17,19,25H,9-16H2,1-3H3. The van der Waals surface area contributed by atoms with Crippen LogP contribution in [0.15, 0.2) is 30.3 Å². The van der Waals surface area contributed by atoms with Gasteiger partial charge in [0.1, 0.15) is 5.41 Å². The third-order valence-corrected chi connectivity index (χ3v) is 6.78. The van der Waals surface area contributed by atoms with Gasteiger partial charge in [0.15, 0.2) is 5.79 Å². The smallest absolute Gasteiger partial charge is 0.315 e. The number of likely N-dealkylation sites (tertiary alicyclic amines) is 1. The van der Waals surface area contributed by atoms with E-state index in [9.17, 15) is 9.90 Å². The summed E-state index contributed by atoms with van der Waals surface area (Å²) in [7, 11) is 1.40. The lowest BCUT2D eigenvalue weighted by Gasteiger charge is -2.61. The van der Waals surface area contributed by atoms with Gasteiger partial charge in [-0.05, 0) is 17.9 Å². The van der Waals surface area contributed by atoms with Crippen molar-refractivity contribution < 1.29 is 24.1 Å². The molecule has 2 bridgehead atoms. The number of aliphatic hydroxyl groups is 1. The Hall–Kier alpha value is -1.47. The fourth-order valence-corrected chi connectivity index (χ4v) is 6.06. The zero-order valence-electron chi connectivity index (χ0n) is 17.7. The van der Waals surface area contributed by atoms with Crippen molar-refractivity contribution in [3.05, 3.63) is 35.9 Å². The van der Waals surface area contributed by atoms with E-state index in [1.165, 1.54) is 7.11 Å². The lowest BCUT2D eigenvalue weighted by molar-refractivity contribution is -0.286. The van der Waals surface area contributed by atoms with Crippen molar-refractivity contribution >= 4 is 5.97 Å². The van der Waals surface area contributed by atoms with Gasteiger partial charge < -0.3 is 24.2 Å². The van der Waals surface area contributed by atoms with E-state index in [0.717, 1.165) is 12.1 Å². The van der Waals surface area contributed by atoms with Gasteiger partial charge in [0.25, 0.3) is 0 Å². The van der Waals surface area contributed by atoms with Crippen LogP contribution in [0.4, 0.5) is 0 Å². The van der Waals surface area contributed by atoms with Crippen molar-refractivity contribution in [2.45, 2.75) is 45.0 Å². The molecule has 3 atom stereocenters. The van der Waals surface area contributed by atoms with Crippen LogP contribution in [-0.4, -0.2) is 67.8 Å². The number of fused-ring (bicyclic) bond motifs is 2. The second-order valence-electron chi connectivity index (χ2n) is 9.60. The van der Waals surface area contributed by atoms with Gasteiger partial charge in [0.2, 0.25) is 0 Å². The second kappa shape index (κ2) is 7.65. The lowest BCUT2D eigenvalue weighted by atomic mass is 9.53. The molecule has 6 heteroatoms. The maximum Gasteiger partial charge on any atom is 0.315 e. The quantitative estimate of drug-likeness (QED) is 0.761. The van der Waals surface area contributed by atoms with Gasteiger partial charge in [-0.3, -0.25) is 4.79 Å². The molecule has 6 nitrogen and oxygen atoms in total. The molecular formula is C23H33NO5. The number of hydrogen-bond donors (Lipinski definition) is 1. The Morgan fingerprint density at radius 3 is 2.52 bits per heavy atom. The molecule has 0 amide bonds. The Morgan fingerprint density at radius 1 is 1.21 bits per heavy atom. The van der Waals surface area contributed by atoms with Crippen molar-refractivity contribution in [1.82, 2.24) is 4.90 Å². The summed E-state index contributed by atoms with van der Waals surface area (Å²) in [5.41, 5.74) is -0.461. The van der Waals surface area contributed by atoms with Crippen molar-refractivity contribution in [3.8, 4) is 0 Å². The molecule has 1 aromatic rings. The Labute approximate surface area is 173 Å². The topological polar surface area (TPSA) is 68.2 Å². The summed E-state index contributed by atoms with van der Waals surface area (Å²) < 4.78 is 17.5. The predicted octanol–water partition coefficient (Wildman–Crippen LogP) is 2.24. The predicted molar refractivity (Wildman–Crippen MR) is 108 cm³/mol. The third kappa shape index (κ3) is 3.61. The number of rotatable bonds is 5. The highest BCUT2D eigenvalue weighted by molar-refractivity contribution is 5.79. The van der Waals surface area contributed by atoms with E-state index in [2.05, 4.69) is 30.9 Å². The number of piperidine rings is 1. The highest BCUT2D eigenvalue weighted by Gasteiger charge is 2.69. The van der Waals surface area contributed by atoms with Gasteiger partial charge in [-0.2, -0.15) is 0 Å². The first-order valence-electron chi connectivity index (χ1n) is 10.6. The normalized spacial score (nSPS) is 33.9. The molecule has 2 heterocycles. The summed E-state index contributed by atoms with van der Waals surface area (Å²) in [6.45, 7) is 7.44. The van der Waals surface area contributed by atoms with Crippen LogP contribution in [0.25, 0.3) is 0 Å². The molecule has 3 unspecified atom stereocenters. The summed E-state index contributed by atoms with van der Waals surface area (Å²) in [6, 6.07) is 10.2. The number of ether oxygens (including phenoxy) is 3. The molecule has 3 aliphatic rings. The minimum Gasteiger partial charge on any atom is -0.468 e. The molecule has 1 spiro atoms. The van der Waals surface area contributed by atoms with Gasteiger partial charge in [0.05, 0.1) is 26.4 Å². The van der Waals surface area contributed by atoms with Crippen LogP contribution >= 0.6 is 0 Å². The molecule has 2 saturated heterocycles. The molecule has 0 aromatic heterocycles. The number of methoxy groups -OCH3 is 1. The fraction of sp³-hybridized carbons (Fsp3) is 0.696. The number of esters is 1. The molecule has 2 aliphatic heterocycles. The van der Waals surface area contributed by atoms with Gasteiger partial charge in [0, 0.05) is 37.9 Å². The Kier molecular flexibility index (Phi) is 5.49. The maximum absolute atomic E-state index is 13.2. The molecule has 160 valence electrons. The van der Waals surface area contributed by atoms with E-state index in [-0.39, 0.29) is 5.97 Å². The van der Waals surface area contributed by atoms with Crippen molar-refractivity contribution in [1.29, 1.82) is 0 Å². The van der Waals surface area contributed by atoms with Crippen molar-refractivity contribution in [2.75, 3.05) is 40.0 Å². The SMILES string of the molecule is COC(=O)C12CN(CC(C)C)CC(Cc3ccccc3)(CC3(C1)OCCO3)C2O. The average Bonchev–Trinajstić information content (AvgIpc) is 3.11. The van der Waals surface area contributed by atoms with E-state index in [4.69, 9.17) is 14.2 Å². The van der Waals surface area contributed by atoms with E-state index in [1.807, 2.05) is 18.2 Å². The lowest BCUT2D eigenvalue weighted by Crippen LogP contribution is -2.72. The zero-order chi connectivity index (χ0) is 20.7. The second-order valence-corrected chi connectivity index (χ2v) is 9.60. The first-order valence-corrected chi connectivity index (χ1v) is 10.6. The number of benzene rings is 1. The molecule has 1 N–H and O–H groups in total. The molecule has 3 fully saturated rings. The van der Waals surface area contributed by atoms with Crippen molar-refractivity contribution in [3.63, 3.8) is 0 Å². The van der Waals surface area contributed by atoms with E-state index < -0.39 is 22.7 Å². The van der Waals surface area contributed by atoms with Crippen LogP contribution < -0.4 is 0 Å². The number of carbonyl (C=O) groups is 1. The van der Waals surface area contributed by atoms with Gasteiger partial charge in [-0.15, -0.1) is 0 Å². The van der Waals surface area contributed by atoms with Gasteiger partial charge in [-0.25, -0.2) is 0 Å². The summed E-state index contributed by atoms with van der Waals surface area (Å²) in [5.74, 6) is -0.733. The average molecular weight is 404 g/mol. The Morgan fingerprint density at radius 2 is 1.90 bits per heavy atom. The van der Waals surface area contributed by atoms with Crippen LogP contribution in [0.3, 0.4) is 0 Å². The number of carbonyl (C=O) groups excluding carboxylic acids is 1. The molecule has 1 aromatic carbocycles. The molecule has 29 heavy (non-hydrogen) atoms. The van der Waals surface area contributed by atoms with Crippen LogP contribution in [-0.2, 0) is 25.4 Å². The molecular weight excluding hydrogens is 370 g/mol. The van der Waals surface area contributed by atoms with Crippen LogP contribution in [0, 0.1) is 16.7 Å². The van der Waals surface area contributed by atoms with E-state index in [1.54, 1.807) is 0 Å². The fourth-order valence-electron chi connectivity index (χ4n) is 6.06. The molecule has 1 saturated carbocycles. The van der Waals surface area contributed by atoms with Crippen LogP contribution in [0.5, 0.6) is 0 Å². The number of hydrogen-bond acceptors (Lipinski definition) is 6. The number of nitrogens with zero attached hydrogens (tertiary/aromatic N) is 1. The summed E-state index contributed by atoms with van der Waals surface area (Å²) in [5, 5.41) is 11.7. The van der Waals surface area contributed by atoms with Gasteiger partial charge >= 0.3 is 5.97 Å². The number of aliphatic hydroxyl groups excluding tert-OH is 1. The Balaban J connectivity index is 1.80.